The number of para-hydroxylation sites is 1. The molecule has 0 aliphatic carbocycles. The molecule has 0 aliphatic rings. The van der Waals surface area contributed by atoms with Crippen LogP contribution in [0.3, 0.4) is 0 Å². The normalized spacial score (nSPS) is 11.1. The zero-order valence-electron chi connectivity index (χ0n) is 10.8. The second-order valence-corrected chi connectivity index (χ2v) is 7.61. The van der Waals surface area contributed by atoms with Crippen LogP contribution in [0.5, 0.6) is 0 Å². The Kier molecular flexibility index (Phi) is 4.45. The zero-order chi connectivity index (χ0) is 15.1. The largest absolute Gasteiger partial charge is 0.326 e. The maximum Gasteiger partial charge on any atom is 0.208 e. The summed E-state index contributed by atoms with van der Waals surface area (Å²) in [6.07, 6.45) is 0. The van der Waals surface area contributed by atoms with Gasteiger partial charge in [0.15, 0.2) is 0 Å². The van der Waals surface area contributed by atoms with Gasteiger partial charge in [0.25, 0.3) is 0 Å². The summed E-state index contributed by atoms with van der Waals surface area (Å²) in [5.74, 6) is 0.780. The van der Waals surface area contributed by atoms with Crippen molar-refractivity contribution in [2.75, 3.05) is 5.32 Å². The third kappa shape index (κ3) is 2.69. The number of aryl methyl sites for hydroxylation is 1. The number of anilines is 2. The number of hydrogen-bond donors (Lipinski definition) is 1. The Morgan fingerprint density at radius 2 is 1.52 bits per heavy atom. The van der Waals surface area contributed by atoms with Gasteiger partial charge in [0, 0.05) is 21.7 Å². The molecule has 0 amide bonds. The SMILES string of the molecule is Cn1c(Nc2ccccc2)nc2c(Br)c(Br)c(Br)c(Br)c21. The Morgan fingerprint density at radius 1 is 0.905 bits per heavy atom. The fourth-order valence-electron chi connectivity index (χ4n) is 2.07. The molecule has 0 bridgehead atoms. The summed E-state index contributed by atoms with van der Waals surface area (Å²) >= 11 is 14.4. The van der Waals surface area contributed by atoms with Crippen molar-refractivity contribution in [3.05, 3.63) is 48.2 Å². The number of benzene rings is 2. The Labute approximate surface area is 155 Å². The monoisotopic (exact) mass is 535 g/mol. The molecule has 3 nitrogen and oxygen atoms in total. The van der Waals surface area contributed by atoms with Crippen LogP contribution in [0.4, 0.5) is 11.6 Å². The first kappa shape index (κ1) is 15.5. The summed E-state index contributed by atoms with van der Waals surface area (Å²) < 4.78 is 5.80. The molecule has 108 valence electrons. The molecule has 0 fully saturated rings. The van der Waals surface area contributed by atoms with Crippen molar-refractivity contribution in [1.29, 1.82) is 0 Å². The van der Waals surface area contributed by atoms with Crippen LogP contribution in [-0.4, -0.2) is 9.55 Å². The summed E-state index contributed by atoms with van der Waals surface area (Å²) in [4.78, 5) is 4.69. The lowest BCUT2D eigenvalue weighted by atomic mass is 10.3. The number of aromatic nitrogens is 2. The molecule has 0 saturated heterocycles. The molecule has 21 heavy (non-hydrogen) atoms. The molecular weight excluding hydrogens is 530 g/mol. The molecule has 0 atom stereocenters. The molecule has 7 heteroatoms. The first-order valence-corrected chi connectivity index (χ1v) is 9.18. The highest BCUT2D eigenvalue weighted by atomic mass is 79.9. The molecule has 3 rings (SSSR count). The molecule has 3 aromatic rings. The fourth-order valence-corrected chi connectivity index (χ4v) is 4.50. The molecule has 0 spiro atoms. The third-order valence-electron chi connectivity index (χ3n) is 3.12. The lowest BCUT2D eigenvalue weighted by Gasteiger charge is -2.08. The smallest absolute Gasteiger partial charge is 0.208 e. The Bertz CT molecular complexity index is 828. The molecule has 1 heterocycles. The van der Waals surface area contributed by atoms with E-state index in [9.17, 15) is 0 Å². The van der Waals surface area contributed by atoms with E-state index < -0.39 is 0 Å². The van der Waals surface area contributed by atoms with Gasteiger partial charge in [-0.3, -0.25) is 0 Å². The third-order valence-corrected chi connectivity index (χ3v) is 7.85. The van der Waals surface area contributed by atoms with E-state index in [4.69, 9.17) is 4.98 Å². The molecule has 1 aromatic heterocycles. The van der Waals surface area contributed by atoms with Gasteiger partial charge < -0.3 is 9.88 Å². The molecule has 0 radical (unpaired) electrons. The van der Waals surface area contributed by atoms with Crippen LogP contribution < -0.4 is 5.32 Å². The van der Waals surface area contributed by atoms with E-state index in [1.807, 2.05) is 41.9 Å². The van der Waals surface area contributed by atoms with E-state index in [1.165, 1.54) is 0 Å². The Balaban J connectivity index is 2.21. The van der Waals surface area contributed by atoms with Crippen LogP contribution in [0.25, 0.3) is 11.0 Å². The molecule has 2 aromatic carbocycles. The Morgan fingerprint density at radius 3 is 2.19 bits per heavy atom. The van der Waals surface area contributed by atoms with Crippen molar-refractivity contribution in [1.82, 2.24) is 9.55 Å². The number of halogens is 4. The minimum atomic E-state index is 0.780. The van der Waals surface area contributed by atoms with Crippen LogP contribution in [0, 0.1) is 0 Å². The van der Waals surface area contributed by atoms with Crippen LogP contribution in [-0.2, 0) is 7.05 Å². The summed E-state index contributed by atoms with van der Waals surface area (Å²) in [7, 11) is 1.98. The van der Waals surface area contributed by atoms with Gasteiger partial charge >= 0.3 is 0 Å². The van der Waals surface area contributed by atoms with Crippen molar-refractivity contribution < 1.29 is 0 Å². The van der Waals surface area contributed by atoms with Crippen LogP contribution in [0.1, 0.15) is 0 Å². The van der Waals surface area contributed by atoms with Crippen molar-refractivity contribution in [3.8, 4) is 0 Å². The van der Waals surface area contributed by atoms with Gasteiger partial charge in [-0.15, -0.1) is 0 Å². The lowest BCUT2D eigenvalue weighted by Crippen LogP contribution is -1.99. The van der Waals surface area contributed by atoms with Gasteiger partial charge in [-0.2, -0.15) is 0 Å². The van der Waals surface area contributed by atoms with Crippen molar-refractivity contribution in [3.63, 3.8) is 0 Å². The number of rotatable bonds is 2. The van der Waals surface area contributed by atoms with Crippen LogP contribution >= 0.6 is 63.7 Å². The minimum absolute atomic E-state index is 0.780. The van der Waals surface area contributed by atoms with E-state index in [-0.39, 0.29) is 0 Å². The quantitative estimate of drug-likeness (QED) is 0.304. The maximum atomic E-state index is 4.69. The standard InChI is InChI=1S/C14H9Br4N3/c1-21-13-11(18)9(16)8(15)10(17)12(13)20-14(21)19-7-5-3-2-4-6-7/h2-6H,1H3,(H,19,20). The summed E-state index contributed by atoms with van der Waals surface area (Å²) in [6, 6.07) is 9.99. The number of hydrogen-bond acceptors (Lipinski definition) is 2. The summed E-state index contributed by atoms with van der Waals surface area (Å²) in [5, 5.41) is 3.33. The van der Waals surface area contributed by atoms with E-state index in [1.54, 1.807) is 0 Å². The predicted molar refractivity (Wildman–Crippen MR) is 101 cm³/mol. The van der Waals surface area contributed by atoms with E-state index in [2.05, 4.69) is 69.0 Å². The van der Waals surface area contributed by atoms with Crippen LogP contribution in [0.2, 0.25) is 0 Å². The van der Waals surface area contributed by atoms with Gasteiger partial charge in [-0.25, -0.2) is 4.98 Å². The van der Waals surface area contributed by atoms with Crippen molar-refractivity contribution in [2.45, 2.75) is 0 Å². The Hall–Kier alpha value is -0.370. The lowest BCUT2D eigenvalue weighted by molar-refractivity contribution is 0.956. The minimum Gasteiger partial charge on any atom is -0.326 e. The molecule has 0 saturated carbocycles. The van der Waals surface area contributed by atoms with Gasteiger partial charge in [0.05, 0.1) is 14.5 Å². The van der Waals surface area contributed by atoms with E-state index >= 15 is 0 Å². The van der Waals surface area contributed by atoms with Gasteiger partial charge in [-0.05, 0) is 75.9 Å². The highest BCUT2D eigenvalue weighted by molar-refractivity contribution is 9.15. The predicted octanol–water partition coefficient (Wildman–Crippen LogP) is 6.37. The topological polar surface area (TPSA) is 29.9 Å². The number of fused-ring (bicyclic) bond motifs is 1. The highest BCUT2D eigenvalue weighted by Crippen LogP contribution is 2.44. The first-order chi connectivity index (χ1) is 10.0. The van der Waals surface area contributed by atoms with Gasteiger partial charge in [0.1, 0.15) is 5.52 Å². The van der Waals surface area contributed by atoms with Gasteiger partial charge in [0.2, 0.25) is 5.95 Å². The second-order valence-electron chi connectivity index (χ2n) is 4.44. The summed E-state index contributed by atoms with van der Waals surface area (Å²) in [5.41, 5.74) is 2.90. The van der Waals surface area contributed by atoms with E-state index in [0.29, 0.717) is 0 Å². The average Bonchev–Trinajstić information content (AvgIpc) is 2.81. The first-order valence-electron chi connectivity index (χ1n) is 6.01. The van der Waals surface area contributed by atoms with Crippen LogP contribution in [0.15, 0.2) is 48.2 Å². The molecular formula is C14H9Br4N3. The zero-order valence-corrected chi connectivity index (χ0v) is 17.1. The van der Waals surface area contributed by atoms with Crippen molar-refractivity contribution in [2.24, 2.45) is 7.05 Å². The van der Waals surface area contributed by atoms with Gasteiger partial charge in [-0.1, -0.05) is 18.2 Å². The fraction of sp³-hybridized carbons (Fsp3) is 0.0714. The second kappa shape index (κ2) is 6.02. The molecule has 0 unspecified atom stereocenters. The molecule has 1 N–H and O–H groups in total. The average molecular weight is 539 g/mol. The highest BCUT2D eigenvalue weighted by Gasteiger charge is 2.19. The maximum absolute atomic E-state index is 4.69. The molecule has 0 aliphatic heterocycles. The number of nitrogens with zero attached hydrogens (tertiary/aromatic N) is 2. The van der Waals surface area contributed by atoms with Crippen molar-refractivity contribution >= 4 is 86.4 Å². The summed E-state index contributed by atoms with van der Waals surface area (Å²) in [6.45, 7) is 0. The van der Waals surface area contributed by atoms with E-state index in [0.717, 1.165) is 40.6 Å². The number of imidazole rings is 1. The number of nitrogens with one attached hydrogen (secondary N) is 1.